The van der Waals surface area contributed by atoms with E-state index in [0.29, 0.717) is 48.0 Å². The Bertz CT molecular complexity index is 1090. The molecular weight excluding hydrogens is 400 g/mol. The van der Waals surface area contributed by atoms with Gasteiger partial charge in [0.1, 0.15) is 12.0 Å². The maximum Gasteiger partial charge on any atom is 0.258 e. The molecule has 4 rings (SSSR count). The van der Waals surface area contributed by atoms with Gasteiger partial charge in [0.2, 0.25) is 0 Å². The zero-order valence-electron chi connectivity index (χ0n) is 16.9. The second kappa shape index (κ2) is 8.84. The fraction of sp³-hybridized carbons (Fsp3) is 0.292. The monoisotopic (exact) mass is 422 g/mol. The van der Waals surface area contributed by atoms with E-state index < -0.39 is 0 Å². The summed E-state index contributed by atoms with van der Waals surface area (Å²) in [4.78, 5) is 31.4. The van der Waals surface area contributed by atoms with Gasteiger partial charge in [-0.2, -0.15) is 0 Å². The van der Waals surface area contributed by atoms with Gasteiger partial charge >= 0.3 is 0 Å². The summed E-state index contributed by atoms with van der Waals surface area (Å²) in [5.41, 5.74) is 4.13. The number of ketones is 1. The van der Waals surface area contributed by atoms with Crippen molar-refractivity contribution in [3.8, 4) is 0 Å². The Balaban J connectivity index is 1.47. The van der Waals surface area contributed by atoms with Crippen LogP contribution in [0.5, 0.6) is 0 Å². The third-order valence-corrected chi connectivity index (χ3v) is 5.59. The number of hydrogen-bond donors (Lipinski definition) is 0. The number of aromatic nitrogens is 1. The predicted molar refractivity (Wildman–Crippen MR) is 116 cm³/mol. The number of rotatable bonds is 6. The number of benzene rings is 2. The molecule has 5 nitrogen and oxygen atoms in total. The highest BCUT2D eigenvalue weighted by Gasteiger charge is 2.24. The van der Waals surface area contributed by atoms with Crippen LogP contribution in [0.1, 0.15) is 57.6 Å². The highest BCUT2D eigenvalue weighted by molar-refractivity contribution is 6.31. The van der Waals surface area contributed by atoms with E-state index in [0.717, 1.165) is 29.7 Å². The summed E-state index contributed by atoms with van der Waals surface area (Å²) in [5.74, 6) is 0.518. The van der Waals surface area contributed by atoms with Gasteiger partial charge in [-0.1, -0.05) is 36.7 Å². The summed E-state index contributed by atoms with van der Waals surface area (Å²) in [5, 5.41) is 0.552. The van der Waals surface area contributed by atoms with Crippen LogP contribution in [0.15, 0.2) is 53.1 Å². The molecule has 3 aromatic rings. The van der Waals surface area contributed by atoms with Crippen LogP contribution in [0.2, 0.25) is 5.02 Å². The van der Waals surface area contributed by atoms with Gasteiger partial charge in [-0.3, -0.25) is 9.59 Å². The molecule has 154 valence electrons. The third kappa shape index (κ3) is 4.31. The molecule has 0 atom stereocenters. The lowest BCUT2D eigenvalue weighted by atomic mass is 9.96. The highest BCUT2D eigenvalue weighted by atomic mass is 35.5. The minimum Gasteiger partial charge on any atom is -0.448 e. The SMILES string of the molecule is CCc1nc(C(=O)CCc2ccc3c(c2)CCCN3C(=O)c2cccc(Cl)c2)co1. The first kappa shape index (κ1) is 20.4. The molecule has 30 heavy (non-hydrogen) atoms. The Morgan fingerprint density at radius 3 is 2.83 bits per heavy atom. The van der Waals surface area contributed by atoms with Gasteiger partial charge in [-0.05, 0) is 54.7 Å². The van der Waals surface area contributed by atoms with Crippen molar-refractivity contribution in [1.82, 2.24) is 4.98 Å². The van der Waals surface area contributed by atoms with Crippen LogP contribution in [0.4, 0.5) is 5.69 Å². The van der Waals surface area contributed by atoms with Crippen molar-refractivity contribution in [3.63, 3.8) is 0 Å². The van der Waals surface area contributed by atoms with Crippen LogP contribution in [0.3, 0.4) is 0 Å². The van der Waals surface area contributed by atoms with E-state index >= 15 is 0 Å². The quantitative estimate of drug-likeness (QED) is 0.506. The van der Waals surface area contributed by atoms with Crippen molar-refractivity contribution in [2.45, 2.75) is 39.0 Å². The minimum atomic E-state index is -0.0425. The molecule has 1 aromatic heterocycles. The average molecular weight is 423 g/mol. The molecule has 0 unspecified atom stereocenters. The summed E-state index contributed by atoms with van der Waals surface area (Å²) < 4.78 is 5.26. The zero-order chi connectivity index (χ0) is 21.1. The Morgan fingerprint density at radius 1 is 1.20 bits per heavy atom. The van der Waals surface area contributed by atoms with E-state index in [1.165, 1.54) is 6.26 Å². The topological polar surface area (TPSA) is 63.4 Å². The largest absolute Gasteiger partial charge is 0.448 e. The van der Waals surface area contributed by atoms with Crippen molar-refractivity contribution in [3.05, 3.63) is 82.0 Å². The first-order valence-corrected chi connectivity index (χ1v) is 10.6. The lowest BCUT2D eigenvalue weighted by Crippen LogP contribution is -2.35. The number of carbonyl (C=O) groups is 2. The first-order valence-electron chi connectivity index (χ1n) is 10.2. The molecule has 0 spiro atoms. The summed E-state index contributed by atoms with van der Waals surface area (Å²) >= 11 is 6.05. The molecular formula is C24H23ClN2O3. The standard InChI is InChI=1S/C24H23ClN2O3/c1-2-23-26-20(15-30-23)22(28)11-9-16-8-10-21-17(13-16)6-4-12-27(21)24(29)18-5-3-7-19(25)14-18/h3,5,7-8,10,13-15H,2,4,6,9,11-12H2,1H3. The number of aryl methyl sites for hydroxylation is 3. The summed E-state index contributed by atoms with van der Waals surface area (Å²) in [6, 6.07) is 13.1. The Labute approximate surface area is 180 Å². The maximum atomic E-state index is 13.0. The Kier molecular flexibility index (Phi) is 6.00. The van der Waals surface area contributed by atoms with Gasteiger partial charge in [-0.25, -0.2) is 4.98 Å². The summed E-state index contributed by atoms with van der Waals surface area (Å²) in [7, 11) is 0. The molecule has 0 saturated carbocycles. The number of hydrogen-bond acceptors (Lipinski definition) is 4. The van der Waals surface area contributed by atoms with Crippen molar-refractivity contribution in [1.29, 1.82) is 0 Å². The number of oxazole rings is 1. The smallest absolute Gasteiger partial charge is 0.258 e. The molecule has 2 heterocycles. The molecule has 0 radical (unpaired) electrons. The normalized spacial score (nSPS) is 13.2. The van der Waals surface area contributed by atoms with Gasteiger partial charge < -0.3 is 9.32 Å². The van der Waals surface area contributed by atoms with Gasteiger partial charge in [-0.15, -0.1) is 0 Å². The van der Waals surface area contributed by atoms with Gasteiger partial charge in [0.15, 0.2) is 11.7 Å². The second-order valence-corrected chi connectivity index (χ2v) is 7.87. The van der Waals surface area contributed by atoms with Crippen LogP contribution >= 0.6 is 11.6 Å². The van der Waals surface area contributed by atoms with Crippen molar-refractivity contribution in [2.75, 3.05) is 11.4 Å². The van der Waals surface area contributed by atoms with Crippen LogP contribution in [-0.2, 0) is 19.3 Å². The van der Waals surface area contributed by atoms with E-state index in [2.05, 4.69) is 11.1 Å². The van der Waals surface area contributed by atoms with Crippen molar-refractivity contribution >= 4 is 29.0 Å². The lowest BCUT2D eigenvalue weighted by Gasteiger charge is -2.30. The number of carbonyl (C=O) groups excluding carboxylic acids is 2. The minimum absolute atomic E-state index is 0.0195. The van der Waals surface area contributed by atoms with E-state index in [4.69, 9.17) is 16.0 Å². The van der Waals surface area contributed by atoms with E-state index in [-0.39, 0.29) is 11.7 Å². The molecule has 1 aliphatic heterocycles. The predicted octanol–water partition coefficient (Wildman–Crippen LogP) is 5.30. The third-order valence-electron chi connectivity index (χ3n) is 5.36. The van der Waals surface area contributed by atoms with E-state index in [1.807, 2.05) is 24.0 Å². The number of amides is 1. The number of anilines is 1. The second-order valence-electron chi connectivity index (χ2n) is 7.44. The van der Waals surface area contributed by atoms with Crippen LogP contribution in [0.25, 0.3) is 0 Å². The number of nitrogens with zero attached hydrogens (tertiary/aromatic N) is 2. The van der Waals surface area contributed by atoms with Gasteiger partial charge in [0.05, 0.1) is 0 Å². The Morgan fingerprint density at radius 2 is 2.07 bits per heavy atom. The van der Waals surface area contributed by atoms with E-state index in [9.17, 15) is 9.59 Å². The summed E-state index contributed by atoms with van der Waals surface area (Å²) in [6.45, 7) is 2.62. The van der Waals surface area contributed by atoms with Gasteiger partial charge in [0, 0.05) is 35.7 Å². The zero-order valence-corrected chi connectivity index (χ0v) is 17.6. The van der Waals surface area contributed by atoms with Crippen LogP contribution in [-0.4, -0.2) is 23.2 Å². The average Bonchev–Trinajstić information content (AvgIpc) is 3.26. The maximum absolute atomic E-state index is 13.0. The molecule has 6 heteroatoms. The number of Topliss-reactive ketones (excluding diaryl/α,β-unsaturated/α-hetero) is 1. The summed E-state index contributed by atoms with van der Waals surface area (Å²) in [6.07, 6.45) is 4.93. The molecule has 1 amide bonds. The van der Waals surface area contributed by atoms with Crippen LogP contribution in [0, 0.1) is 0 Å². The molecule has 0 N–H and O–H groups in total. The highest BCUT2D eigenvalue weighted by Crippen LogP contribution is 2.30. The van der Waals surface area contributed by atoms with Crippen molar-refractivity contribution < 1.29 is 14.0 Å². The van der Waals surface area contributed by atoms with Gasteiger partial charge in [0.25, 0.3) is 5.91 Å². The first-order chi connectivity index (χ1) is 14.5. The fourth-order valence-electron chi connectivity index (χ4n) is 3.78. The number of halogens is 1. The molecule has 1 aliphatic rings. The molecule has 0 fully saturated rings. The van der Waals surface area contributed by atoms with E-state index in [1.54, 1.807) is 24.3 Å². The number of fused-ring (bicyclic) bond motifs is 1. The van der Waals surface area contributed by atoms with Crippen LogP contribution < -0.4 is 4.90 Å². The fourth-order valence-corrected chi connectivity index (χ4v) is 3.97. The molecule has 0 saturated heterocycles. The molecule has 0 bridgehead atoms. The lowest BCUT2D eigenvalue weighted by molar-refractivity contribution is 0.0973. The van der Waals surface area contributed by atoms with Crippen molar-refractivity contribution in [2.24, 2.45) is 0 Å². The molecule has 2 aromatic carbocycles. The Hall–Kier alpha value is -2.92. The molecule has 0 aliphatic carbocycles.